The molecule has 0 unspecified atom stereocenters. The molecule has 94 valence electrons. The van der Waals surface area contributed by atoms with Crippen molar-refractivity contribution < 1.29 is 0 Å². The van der Waals surface area contributed by atoms with Crippen LogP contribution in [0.4, 0.5) is 0 Å². The lowest BCUT2D eigenvalue weighted by Gasteiger charge is -2.26. The SMILES string of the molecule is Cc1cc(Br)c2nc(C3CCC3)n(C)c(=O)c2c1. The molecule has 0 amide bonds. The Kier molecular flexibility index (Phi) is 2.77. The quantitative estimate of drug-likeness (QED) is 0.810. The van der Waals surface area contributed by atoms with Crippen molar-refractivity contribution >= 4 is 26.8 Å². The molecule has 1 saturated carbocycles. The van der Waals surface area contributed by atoms with Gasteiger partial charge in [-0.15, -0.1) is 0 Å². The minimum absolute atomic E-state index is 0.0614. The van der Waals surface area contributed by atoms with E-state index in [9.17, 15) is 4.79 Å². The van der Waals surface area contributed by atoms with Gasteiger partial charge in [-0.3, -0.25) is 9.36 Å². The van der Waals surface area contributed by atoms with E-state index in [-0.39, 0.29) is 5.56 Å². The Balaban J connectivity index is 2.35. The van der Waals surface area contributed by atoms with Gasteiger partial charge in [0.2, 0.25) is 0 Å². The summed E-state index contributed by atoms with van der Waals surface area (Å²) in [6.45, 7) is 1.99. The second kappa shape index (κ2) is 4.19. The number of rotatable bonds is 1. The molecule has 3 nitrogen and oxygen atoms in total. The monoisotopic (exact) mass is 306 g/mol. The van der Waals surface area contributed by atoms with Gasteiger partial charge in [0.15, 0.2) is 0 Å². The van der Waals surface area contributed by atoms with Gasteiger partial charge in [0.25, 0.3) is 5.56 Å². The highest BCUT2D eigenvalue weighted by atomic mass is 79.9. The maximum Gasteiger partial charge on any atom is 0.261 e. The summed E-state index contributed by atoms with van der Waals surface area (Å²) in [6.07, 6.45) is 3.54. The van der Waals surface area contributed by atoms with Crippen LogP contribution in [0.3, 0.4) is 0 Å². The summed E-state index contributed by atoms with van der Waals surface area (Å²) in [4.78, 5) is 17.1. The highest BCUT2D eigenvalue weighted by Gasteiger charge is 2.24. The summed E-state index contributed by atoms with van der Waals surface area (Å²) in [5, 5.41) is 0.701. The highest BCUT2D eigenvalue weighted by Crippen LogP contribution is 2.35. The minimum Gasteiger partial charge on any atom is -0.299 e. The summed E-state index contributed by atoms with van der Waals surface area (Å²) < 4.78 is 2.63. The maximum atomic E-state index is 12.4. The first-order valence-electron chi connectivity index (χ1n) is 6.24. The van der Waals surface area contributed by atoms with Crippen LogP contribution in [0.15, 0.2) is 21.4 Å². The molecule has 4 heteroatoms. The van der Waals surface area contributed by atoms with Crippen molar-refractivity contribution in [2.45, 2.75) is 32.1 Å². The number of hydrogen-bond acceptors (Lipinski definition) is 2. The van der Waals surface area contributed by atoms with Gasteiger partial charge in [-0.1, -0.05) is 6.42 Å². The molecule has 1 aromatic carbocycles. The normalized spacial score (nSPS) is 15.9. The molecule has 3 rings (SSSR count). The Bertz CT molecular complexity index is 686. The fourth-order valence-electron chi connectivity index (χ4n) is 2.52. The molecule has 0 atom stereocenters. The zero-order valence-electron chi connectivity index (χ0n) is 10.5. The molecule has 1 aliphatic rings. The van der Waals surface area contributed by atoms with Crippen molar-refractivity contribution in [3.05, 3.63) is 38.3 Å². The van der Waals surface area contributed by atoms with Gasteiger partial charge in [0, 0.05) is 17.4 Å². The first-order chi connectivity index (χ1) is 8.58. The van der Waals surface area contributed by atoms with Gasteiger partial charge in [0.05, 0.1) is 10.9 Å². The number of halogens is 1. The lowest BCUT2D eigenvalue weighted by Crippen LogP contribution is -2.26. The molecular weight excluding hydrogens is 292 g/mol. The van der Waals surface area contributed by atoms with Crippen LogP contribution in [0, 0.1) is 6.92 Å². The largest absolute Gasteiger partial charge is 0.299 e. The topological polar surface area (TPSA) is 34.9 Å². The number of fused-ring (bicyclic) bond motifs is 1. The molecule has 0 N–H and O–H groups in total. The minimum atomic E-state index is 0.0614. The number of hydrogen-bond donors (Lipinski definition) is 0. The Morgan fingerprint density at radius 2 is 2.11 bits per heavy atom. The molecule has 1 heterocycles. The van der Waals surface area contributed by atoms with Gasteiger partial charge in [-0.25, -0.2) is 4.98 Å². The van der Waals surface area contributed by atoms with Crippen molar-refractivity contribution in [2.75, 3.05) is 0 Å². The van der Waals surface area contributed by atoms with E-state index in [2.05, 4.69) is 15.9 Å². The van der Waals surface area contributed by atoms with E-state index in [0.717, 1.165) is 34.2 Å². The average molecular weight is 307 g/mol. The Labute approximate surface area is 114 Å². The van der Waals surface area contributed by atoms with E-state index < -0.39 is 0 Å². The Morgan fingerprint density at radius 1 is 1.39 bits per heavy atom. The van der Waals surface area contributed by atoms with Crippen LogP contribution in [-0.4, -0.2) is 9.55 Å². The van der Waals surface area contributed by atoms with Gasteiger partial charge in [0.1, 0.15) is 5.82 Å². The van der Waals surface area contributed by atoms with E-state index in [1.165, 1.54) is 6.42 Å². The zero-order chi connectivity index (χ0) is 12.9. The van der Waals surface area contributed by atoms with Crippen LogP contribution in [0.5, 0.6) is 0 Å². The van der Waals surface area contributed by atoms with Crippen molar-refractivity contribution in [3.63, 3.8) is 0 Å². The predicted octanol–water partition coefficient (Wildman–Crippen LogP) is 3.27. The molecule has 0 spiro atoms. The van der Waals surface area contributed by atoms with Crippen molar-refractivity contribution in [1.29, 1.82) is 0 Å². The first-order valence-corrected chi connectivity index (χ1v) is 7.04. The fraction of sp³-hybridized carbons (Fsp3) is 0.429. The van der Waals surface area contributed by atoms with E-state index in [4.69, 9.17) is 4.98 Å². The smallest absolute Gasteiger partial charge is 0.261 e. The molecule has 0 radical (unpaired) electrons. The van der Waals surface area contributed by atoms with Crippen molar-refractivity contribution in [1.82, 2.24) is 9.55 Å². The van der Waals surface area contributed by atoms with Crippen LogP contribution >= 0.6 is 15.9 Å². The number of benzene rings is 1. The molecule has 1 aliphatic carbocycles. The van der Waals surface area contributed by atoms with Crippen molar-refractivity contribution in [2.24, 2.45) is 7.05 Å². The Morgan fingerprint density at radius 3 is 2.72 bits per heavy atom. The molecule has 1 fully saturated rings. The predicted molar refractivity (Wildman–Crippen MR) is 76.0 cm³/mol. The standard InChI is InChI=1S/C14H15BrN2O/c1-8-6-10-12(11(15)7-8)16-13(9-4-3-5-9)17(2)14(10)18/h6-7,9H,3-5H2,1-2H3. The summed E-state index contributed by atoms with van der Waals surface area (Å²) in [6, 6.07) is 3.93. The summed E-state index contributed by atoms with van der Waals surface area (Å²) in [5.74, 6) is 1.39. The molecule has 2 aromatic rings. The molecule has 0 aliphatic heterocycles. The molecule has 0 bridgehead atoms. The third-order valence-electron chi connectivity index (χ3n) is 3.78. The van der Waals surface area contributed by atoms with Gasteiger partial charge in [-0.2, -0.15) is 0 Å². The van der Waals surface area contributed by atoms with Crippen LogP contribution in [-0.2, 0) is 7.05 Å². The lowest BCUT2D eigenvalue weighted by molar-refractivity contribution is 0.389. The van der Waals surface area contributed by atoms with Gasteiger partial charge < -0.3 is 0 Å². The summed E-state index contributed by atoms with van der Waals surface area (Å²) >= 11 is 3.52. The highest BCUT2D eigenvalue weighted by molar-refractivity contribution is 9.10. The molecule has 1 aromatic heterocycles. The number of aryl methyl sites for hydroxylation is 1. The van der Waals surface area contributed by atoms with Gasteiger partial charge >= 0.3 is 0 Å². The van der Waals surface area contributed by atoms with Crippen LogP contribution in [0.25, 0.3) is 10.9 Å². The molecule has 18 heavy (non-hydrogen) atoms. The van der Waals surface area contributed by atoms with Crippen LogP contribution in [0.1, 0.15) is 36.6 Å². The van der Waals surface area contributed by atoms with Gasteiger partial charge in [-0.05, 0) is 53.4 Å². The first kappa shape index (κ1) is 11.9. The second-order valence-corrected chi connectivity index (χ2v) is 5.96. The van der Waals surface area contributed by atoms with E-state index in [0.29, 0.717) is 11.3 Å². The van der Waals surface area contributed by atoms with E-state index >= 15 is 0 Å². The number of nitrogens with zero attached hydrogens (tertiary/aromatic N) is 2. The Hall–Kier alpha value is -1.16. The zero-order valence-corrected chi connectivity index (χ0v) is 12.1. The lowest BCUT2D eigenvalue weighted by atomic mass is 9.84. The number of aromatic nitrogens is 2. The molecular formula is C14H15BrN2O. The summed E-state index contributed by atoms with van der Waals surface area (Å²) in [5.41, 5.74) is 1.93. The maximum absolute atomic E-state index is 12.4. The van der Waals surface area contributed by atoms with Crippen molar-refractivity contribution in [3.8, 4) is 0 Å². The van der Waals surface area contributed by atoms with Crippen LogP contribution in [0.2, 0.25) is 0 Å². The van der Waals surface area contributed by atoms with Crippen LogP contribution < -0.4 is 5.56 Å². The van der Waals surface area contributed by atoms with E-state index in [1.54, 1.807) is 4.57 Å². The third-order valence-corrected chi connectivity index (χ3v) is 4.39. The van der Waals surface area contributed by atoms with E-state index in [1.807, 2.05) is 26.1 Å². The average Bonchev–Trinajstić information content (AvgIpc) is 2.24. The summed E-state index contributed by atoms with van der Waals surface area (Å²) in [7, 11) is 1.83. The molecule has 0 saturated heterocycles. The fourth-order valence-corrected chi connectivity index (χ4v) is 3.18. The second-order valence-electron chi connectivity index (χ2n) is 5.10. The third kappa shape index (κ3) is 1.70.